The molecule has 0 radical (unpaired) electrons. The van der Waals surface area contributed by atoms with Gasteiger partial charge in [-0.2, -0.15) is 0 Å². The zero-order valence-electron chi connectivity index (χ0n) is 13.5. The molecule has 1 aromatic heterocycles. The molecule has 0 bridgehead atoms. The predicted molar refractivity (Wildman–Crippen MR) is 88.7 cm³/mol. The van der Waals surface area contributed by atoms with Crippen LogP contribution in [0.4, 0.5) is 0 Å². The van der Waals surface area contributed by atoms with Crippen molar-refractivity contribution in [2.45, 2.75) is 33.8 Å². The van der Waals surface area contributed by atoms with E-state index in [1.165, 1.54) is 0 Å². The molecular formula is C18H26N2O. The minimum atomic E-state index is 0.149. The average molecular weight is 286 g/mol. The molecule has 3 heteroatoms. The zero-order valence-corrected chi connectivity index (χ0v) is 13.5. The lowest BCUT2D eigenvalue weighted by molar-refractivity contribution is 0.149. The van der Waals surface area contributed by atoms with E-state index in [9.17, 15) is 0 Å². The number of nitrogens with one attached hydrogen (secondary N) is 1. The Hall–Kier alpha value is -1.61. The maximum atomic E-state index is 6.25. The number of nitrogens with zero attached hydrogens (tertiary/aromatic N) is 1. The molecule has 0 fully saturated rings. The van der Waals surface area contributed by atoms with E-state index in [1.807, 2.05) is 24.4 Å². The number of ether oxygens (including phenoxy) is 1. The molecule has 0 saturated carbocycles. The summed E-state index contributed by atoms with van der Waals surface area (Å²) in [5, 5.41) is 4.61. The van der Waals surface area contributed by atoms with Crippen molar-refractivity contribution in [1.82, 2.24) is 10.3 Å². The molecule has 0 aliphatic carbocycles. The SMILES string of the molecule is CC(C)CNCC(Oc1cccc2cccnc12)C(C)C. The summed E-state index contributed by atoms with van der Waals surface area (Å²) in [5.41, 5.74) is 0.939. The third kappa shape index (κ3) is 4.43. The van der Waals surface area contributed by atoms with Crippen LogP contribution in [0.15, 0.2) is 36.5 Å². The van der Waals surface area contributed by atoms with Crippen molar-refractivity contribution in [3.05, 3.63) is 36.5 Å². The molecule has 1 aromatic carbocycles. The van der Waals surface area contributed by atoms with Gasteiger partial charge in [0.2, 0.25) is 0 Å². The van der Waals surface area contributed by atoms with Crippen LogP contribution >= 0.6 is 0 Å². The van der Waals surface area contributed by atoms with Crippen LogP contribution in [0.2, 0.25) is 0 Å². The van der Waals surface area contributed by atoms with Crippen LogP contribution in [0.5, 0.6) is 5.75 Å². The first kappa shape index (κ1) is 15.8. The van der Waals surface area contributed by atoms with E-state index >= 15 is 0 Å². The Kier molecular flexibility index (Phi) is 5.57. The number of benzene rings is 1. The Morgan fingerprint density at radius 2 is 1.81 bits per heavy atom. The highest BCUT2D eigenvalue weighted by Crippen LogP contribution is 2.25. The van der Waals surface area contributed by atoms with Crippen LogP contribution < -0.4 is 10.1 Å². The van der Waals surface area contributed by atoms with Gasteiger partial charge in [-0.3, -0.25) is 4.98 Å². The standard InChI is InChI=1S/C18H26N2O/c1-13(2)11-19-12-17(14(3)4)21-16-9-5-7-15-8-6-10-20-18(15)16/h5-10,13-14,17,19H,11-12H2,1-4H3. The van der Waals surface area contributed by atoms with Crippen molar-refractivity contribution in [2.75, 3.05) is 13.1 Å². The van der Waals surface area contributed by atoms with Crippen molar-refractivity contribution in [1.29, 1.82) is 0 Å². The molecule has 2 aromatic rings. The quantitative estimate of drug-likeness (QED) is 0.838. The fraction of sp³-hybridized carbons (Fsp3) is 0.500. The van der Waals surface area contributed by atoms with Gasteiger partial charge in [0.05, 0.1) is 0 Å². The van der Waals surface area contributed by atoms with Gasteiger partial charge in [0.25, 0.3) is 0 Å². The minimum absolute atomic E-state index is 0.149. The number of hydrogen-bond donors (Lipinski definition) is 1. The number of fused-ring (bicyclic) bond motifs is 1. The topological polar surface area (TPSA) is 34.1 Å². The smallest absolute Gasteiger partial charge is 0.146 e. The summed E-state index contributed by atoms with van der Waals surface area (Å²) in [5.74, 6) is 1.97. The van der Waals surface area contributed by atoms with Crippen LogP contribution in [0.25, 0.3) is 10.9 Å². The second-order valence-corrected chi connectivity index (χ2v) is 6.28. The number of aromatic nitrogens is 1. The molecule has 0 aliphatic heterocycles. The number of hydrogen-bond acceptors (Lipinski definition) is 3. The molecule has 114 valence electrons. The van der Waals surface area contributed by atoms with Gasteiger partial charge in [-0.15, -0.1) is 0 Å². The number of para-hydroxylation sites is 1. The molecule has 1 atom stereocenters. The highest BCUT2D eigenvalue weighted by atomic mass is 16.5. The van der Waals surface area contributed by atoms with Gasteiger partial charge in [0.15, 0.2) is 0 Å². The monoisotopic (exact) mass is 286 g/mol. The molecule has 0 amide bonds. The summed E-state index contributed by atoms with van der Waals surface area (Å²) in [6.45, 7) is 10.7. The van der Waals surface area contributed by atoms with Crippen LogP contribution in [0.1, 0.15) is 27.7 Å². The second-order valence-electron chi connectivity index (χ2n) is 6.28. The third-order valence-corrected chi connectivity index (χ3v) is 3.52. The van der Waals surface area contributed by atoms with Crippen molar-refractivity contribution in [3.63, 3.8) is 0 Å². The minimum Gasteiger partial charge on any atom is -0.487 e. The Morgan fingerprint density at radius 1 is 1.05 bits per heavy atom. The van der Waals surface area contributed by atoms with E-state index in [-0.39, 0.29) is 6.10 Å². The van der Waals surface area contributed by atoms with Crippen molar-refractivity contribution >= 4 is 10.9 Å². The lowest BCUT2D eigenvalue weighted by atomic mass is 10.1. The molecule has 0 spiro atoms. The largest absolute Gasteiger partial charge is 0.487 e. The van der Waals surface area contributed by atoms with Crippen LogP contribution in [0.3, 0.4) is 0 Å². The van der Waals surface area contributed by atoms with Gasteiger partial charge in [0.1, 0.15) is 17.4 Å². The lowest BCUT2D eigenvalue weighted by Crippen LogP contribution is -2.37. The first-order chi connectivity index (χ1) is 10.1. The molecule has 1 N–H and O–H groups in total. The fourth-order valence-corrected chi connectivity index (χ4v) is 2.26. The molecule has 1 heterocycles. The summed E-state index contributed by atoms with van der Waals surface area (Å²) in [6.07, 6.45) is 1.97. The van der Waals surface area contributed by atoms with Gasteiger partial charge in [-0.25, -0.2) is 0 Å². The van der Waals surface area contributed by atoms with Gasteiger partial charge >= 0.3 is 0 Å². The second kappa shape index (κ2) is 7.41. The maximum absolute atomic E-state index is 6.25. The summed E-state index contributed by atoms with van der Waals surface area (Å²) in [7, 11) is 0. The van der Waals surface area contributed by atoms with Crippen LogP contribution in [-0.4, -0.2) is 24.2 Å². The van der Waals surface area contributed by atoms with E-state index in [0.717, 1.165) is 29.7 Å². The van der Waals surface area contributed by atoms with Crippen LogP contribution in [-0.2, 0) is 0 Å². The van der Waals surface area contributed by atoms with E-state index < -0.39 is 0 Å². The zero-order chi connectivity index (χ0) is 15.2. The molecular weight excluding hydrogens is 260 g/mol. The van der Waals surface area contributed by atoms with Gasteiger partial charge < -0.3 is 10.1 Å². The molecule has 0 aliphatic rings. The fourth-order valence-electron chi connectivity index (χ4n) is 2.26. The summed E-state index contributed by atoms with van der Waals surface area (Å²) < 4.78 is 6.25. The van der Waals surface area contributed by atoms with Crippen molar-refractivity contribution < 1.29 is 4.74 Å². The van der Waals surface area contributed by atoms with Crippen LogP contribution in [0, 0.1) is 11.8 Å². The maximum Gasteiger partial charge on any atom is 0.146 e. The Labute approximate surface area is 127 Å². The van der Waals surface area contributed by atoms with E-state index in [4.69, 9.17) is 4.74 Å². The van der Waals surface area contributed by atoms with Crippen molar-refractivity contribution in [3.8, 4) is 5.75 Å². The molecule has 3 nitrogen and oxygen atoms in total. The van der Waals surface area contributed by atoms with Crippen molar-refractivity contribution in [2.24, 2.45) is 11.8 Å². The van der Waals surface area contributed by atoms with Gasteiger partial charge in [-0.1, -0.05) is 45.9 Å². The molecule has 2 rings (SSSR count). The van der Waals surface area contributed by atoms with Gasteiger partial charge in [-0.05, 0) is 30.5 Å². The summed E-state index contributed by atoms with van der Waals surface area (Å²) in [6, 6.07) is 10.1. The number of rotatable bonds is 7. The molecule has 21 heavy (non-hydrogen) atoms. The summed E-state index contributed by atoms with van der Waals surface area (Å²) >= 11 is 0. The van der Waals surface area contributed by atoms with Gasteiger partial charge in [0, 0.05) is 18.1 Å². The predicted octanol–water partition coefficient (Wildman–Crippen LogP) is 3.88. The average Bonchev–Trinajstić information content (AvgIpc) is 2.46. The Balaban J connectivity index is 2.11. The first-order valence-corrected chi connectivity index (χ1v) is 7.79. The lowest BCUT2D eigenvalue weighted by Gasteiger charge is -2.24. The third-order valence-electron chi connectivity index (χ3n) is 3.52. The highest BCUT2D eigenvalue weighted by Gasteiger charge is 2.16. The first-order valence-electron chi connectivity index (χ1n) is 7.79. The molecule has 0 saturated heterocycles. The van der Waals surface area contributed by atoms with E-state index in [1.54, 1.807) is 0 Å². The van der Waals surface area contributed by atoms with E-state index in [0.29, 0.717) is 11.8 Å². The summed E-state index contributed by atoms with van der Waals surface area (Å²) in [4.78, 5) is 4.46. The number of pyridine rings is 1. The molecule has 1 unspecified atom stereocenters. The normalized spacial score (nSPS) is 13.0. The Bertz CT molecular complexity index is 561. The Morgan fingerprint density at radius 3 is 2.52 bits per heavy atom. The van der Waals surface area contributed by atoms with E-state index in [2.05, 4.69) is 50.1 Å². The highest BCUT2D eigenvalue weighted by molar-refractivity contribution is 5.84.